The fraction of sp³-hybridized carbons (Fsp3) is 0.300. The first kappa shape index (κ1) is 18.1. The van der Waals surface area contributed by atoms with Crippen molar-refractivity contribution in [3.63, 3.8) is 0 Å². The molecule has 1 saturated heterocycles. The molecule has 0 aliphatic carbocycles. The van der Waals surface area contributed by atoms with Crippen LogP contribution in [-0.4, -0.2) is 53.5 Å². The molecule has 1 N–H and O–H groups in total. The fourth-order valence-electron chi connectivity index (χ4n) is 3.26. The summed E-state index contributed by atoms with van der Waals surface area (Å²) < 4.78 is 5.10. The van der Waals surface area contributed by atoms with E-state index in [-0.39, 0.29) is 11.5 Å². The lowest BCUT2D eigenvalue weighted by atomic mass is 10.2. The van der Waals surface area contributed by atoms with Crippen LogP contribution in [0.5, 0.6) is 0 Å². The van der Waals surface area contributed by atoms with Crippen LogP contribution in [0, 0.1) is 0 Å². The quantitative estimate of drug-likeness (QED) is 0.675. The van der Waals surface area contributed by atoms with Crippen LogP contribution in [0.2, 0.25) is 0 Å². The molecule has 0 spiro atoms. The normalized spacial score (nSPS) is 14.9. The van der Waals surface area contributed by atoms with Crippen molar-refractivity contribution < 1.29 is 9.21 Å². The molecule has 0 radical (unpaired) electrons. The van der Waals surface area contributed by atoms with Gasteiger partial charge in [0.15, 0.2) is 0 Å². The summed E-state index contributed by atoms with van der Waals surface area (Å²) in [6, 6.07) is 10.1. The molecule has 1 amide bonds. The molecule has 1 aliphatic heterocycles. The molecule has 0 unspecified atom stereocenters. The molecule has 3 heterocycles. The van der Waals surface area contributed by atoms with E-state index in [2.05, 4.69) is 25.1 Å². The minimum atomic E-state index is -0.386. The van der Waals surface area contributed by atoms with Gasteiger partial charge in [0.05, 0.1) is 0 Å². The van der Waals surface area contributed by atoms with Crippen molar-refractivity contribution in [1.29, 1.82) is 0 Å². The summed E-state index contributed by atoms with van der Waals surface area (Å²) in [7, 11) is 0. The van der Waals surface area contributed by atoms with Gasteiger partial charge in [-0.15, -0.1) is 0 Å². The Hall–Kier alpha value is -3.26. The molecule has 0 atom stereocenters. The van der Waals surface area contributed by atoms with Gasteiger partial charge in [-0.05, 0) is 30.3 Å². The summed E-state index contributed by atoms with van der Waals surface area (Å²) in [5, 5.41) is 3.68. The number of hydrogen-bond donors (Lipinski definition) is 1. The van der Waals surface area contributed by atoms with Crippen LogP contribution >= 0.6 is 0 Å². The number of amides is 1. The molecule has 28 heavy (non-hydrogen) atoms. The molecule has 8 heteroatoms. The van der Waals surface area contributed by atoms with Crippen molar-refractivity contribution >= 4 is 28.5 Å². The number of fused-ring (bicyclic) bond motifs is 1. The predicted octanol–water partition coefficient (Wildman–Crippen LogP) is 1.73. The second-order valence-electron chi connectivity index (χ2n) is 6.68. The van der Waals surface area contributed by atoms with Gasteiger partial charge in [-0.3, -0.25) is 9.69 Å². The van der Waals surface area contributed by atoms with Gasteiger partial charge in [0.1, 0.15) is 5.58 Å². The average molecular weight is 379 g/mol. The van der Waals surface area contributed by atoms with Crippen molar-refractivity contribution in [1.82, 2.24) is 14.9 Å². The van der Waals surface area contributed by atoms with Crippen molar-refractivity contribution in [3.8, 4) is 0 Å². The molecule has 1 aliphatic rings. The van der Waals surface area contributed by atoms with Crippen LogP contribution < -0.4 is 15.8 Å². The monoisotopic (exact) mass is 379 g/mol. The molecule has 8 nitrogen and oxygen atoms in total. The maximum atomic E-state index is 12.3. The number of piperazine rings is 1. The van der Waals surface area contributed by atoms with E-state index in [0.29, 0.717) is 24.2 Å². The lowest BCUT2D eigenvalue weighted by Gasteiger charge is -2.34. The third-order valence-electron chi connectivity index (χ3n) is 4.77. The molecule has 1 fully saturated rings. The summed E-state index contributed by atoms with van der Waals surface area (Å²) in [4.78, 5) is 36.5. The average Bonchev–Trinajstić information content (AvgIpc) is 2.73. The van der Waals surface area contributed by atoms with Gasteiger partial charge < -0.3 is 14.6 Å². The van der Waals surface area contributed by atoms with E-state index < -0.39 is 0 Å². The van der Waals surface area contributed by atoms with Gasteiger partial charge >= 0.3 is 5.63 Å². The highest BCUT2D eigenvalue weighted by atomic mass is 16.4. The molecule has 0 saturated carbocycles. The highest BCUT2D eigenvalue weighted by Gasteiger charge is 2.19. The van der Waals surface area contributed by atoms with Crippen molar-refractivity contribution in [2.45, 2.75) is 6.42 Å². The Labute approximate surface area is 161 Å². The molecule has 2 aromatic heterocycles. The molecule has 144 valence electrons. The Balaban J connectivity index is 1.26. The second-order valence-corrected chi connectivity index (χ2v) is 6.68. The Morgan fingerprint density at radius 2 is 1.86 bits per heavy atom. The number of anilines is 2. The van der Waals surface area contributed by atoms with E-state index >= 15 is 0 Å². The maximum absolute atomic E-state index is 12.3. The molecule has 1 aromatic carbocycles. The van der Waals surface area contributed by atoms with Gasteiger partial charge in [-0.2, -0.15) is 0 Å². The lowest BCUT2D eigenvalue weighted by Crippen LogP contribution is -2.47. The molecular weight excluding hydrogens is 358 g/mol. The number of nitrogens with zero attached hydrogens (tertiary/aromatic N) is 4. The van der Waals surface area contributed by atoms with Gasteiger partial charge in [-0.25, -0.2) is 14.8 Å². The van der Waals surface area contributed by atoms with E-state index in [4.69, 9.17) is 4.42 Å². The van der Waals surface area contributed by atoms with E-state index in [1.807, 2.05) is 6.07 Å². The lowest BCUT2D eigenvalue weighted by molar-refractivity contribution is -0.116. The topological polar surface area (TPSA) is 91.6 Å². The molecule has 4 rings (SSSR count). The van der Waals surface area contributed by atoms with Crippen molar-refractivity contribution in [3.05, 3.63) is 59.2 Å². The summed E-state index contributed by atoms with van der Waals surface area (Å²) in [5.74, 6) is 0.720. The maximum Gasteiger partial charge on any atom is 0.336 e. The van der Waals surface area contributed by atoms with Gasteiger partial charge in [0.25, 0.3) is 0 Å². The van der Waals surface area contributed by atoms with E-state index in [9.17, 15) is 9.59 Å². The Morgan fingerprint density at radius 3 is 2.64 bits per heavy atom. The van der Waals surface area contributed by atoms with Crippen LogP contribution in [0.4, 0.5) is 11.6 Å². The first-order valence-corrected chi connectivity index (χ1v) is 9.25. The molecular formula is C20H21N5O3. The van der Waals surface area contributed by atoms with Gasteiger partial charge in [0.2, 0.25) is 11.9 Å². The van der Waals surface area contributed by atoms with Crippen LogP contribution in [0.1, 0.15) is 6.42 Å². The van der Waals surface area contributed by atoms with E-state index in [1.54, 1.807) is 36.7 Å². The van der Waals surface area contributed by atoms with E-state index in [0.717, 1.165) is 37.5 Å². The van der Waals surface area contributed by atoms with Gasteiger partial charge in [0, 0.05) is 68.7 Å². The number of carbonyl (C=O) groups excluding carboxylic acids is 1. The largest absolute Gasteiger partial charge is 0.423 e. The first-order chi connectivity index (χ1) is 13.7. The number of aromatic nitrogens is 2. The highest BCUT2D eigenvalue weighted by molar-refractivity contribution is 5.93. The minimum absolute atomic E-state index is 0.0365. The summed E-state index contributed by atoms with van der Waals surface area (Å²) in [6.07, 6.45) is 3.92. The Bertz CT molecular complexity index is 1010. The second kappa shape index (κ2) is 8.18. The van der Waals surface area contributed by atoms with Crippen molar-refractivity contribution in [2.24, 2.45) is 0 Å². The standard InChI is InChI=1S/C20H21N5O3/c26-18(23-16-3-4-17-15(14-16)2-5-19(27)28-17)6-9-24-10-12-25(13-11-24)20-21-7-1-8-22-20/h1-5,7-8,14H,6,9-13H2,(H,23,26). The van der Waals surface area contributed by atoms with Gasteiger partial charge in [-0.1, -0.05) is 0 Å². The zero-order valence-corrected chi connectivity index (χ0v) is 15.4. The summed E-state index contributed by atoms with van der Waals surface area (Å²) >= 11 is 0. The van der Waals surface area contributed by atoms with E-state index in [1.165, 1.54) is 6.07 Å². The summed E-state index contributed by atoms with van der Waals surface area (Å²) in [5.41, 5.74) is 0.811. The Kier molecular flexibility index (Phi) is 5.29. The minimum Gasteiger partial charge on any atom is -0.423 e. The SMILES string of the molecule is O=C(CCN1CCN(c2ncccn2)CC1)Nc1ccc2oc(=O)ccc2c1. The number of benzene rings is 1. The van der Waals surface area contributed by atoms with Crippen LogP contribution in [-0.2, 0) is 4.79 Å². The summed E-state index contributed by atoms with van der Waals surface area (Å²) in [6.45, 7) is 4.15. The zero-order chi connectivity index (χ0) is 19.3. The van der Waals surface area contributed by atoms with Crippen LogP contribution in [0.15, 0.2) is 58.0 Å². The predicted molar refractivity (Wildman–Crippen MR) is 106 cm³/mol. The number of rotatable bonds is 5. The smallest absolute Gasteiger partial charge is 0.336 e. The fourth-order valence-corrected chi connectivity index (χ4v) is 3.26. The first-order valence-electron chi connectivity index (χ1n) is 9.25. The third-order valence-corrected chi connectivity index (χ3v) is 4.77. The molecule has 0 bridgehead atoms. The van der Waals surface area contributed by atoms with Crippen LogP contribution in [0.3, 0.4) is 0 Å². The number of hydrogen-bond acceptors (Lipinski definition) is 7. The number of carbonyl (C=O) groups is 1. The Morgan fingerprint density at radius 1 is 1.07 bits per heavy atom. The highest BCUT2D eigenvalue weighted by Crippen LogP contribution is 2.18. The third kappa shape index (κ3) is 4.34. The number of nitrogens with one attached hydrogen (secondary N) is 1. The molecule has 3 aromatic rings. The zero-order valence-electron chi connectivity index (χ0n) is 15.4. The van der Waals surface area contributed by atoms with Crippen molar-refractivity contribution in [2.75, 3.05) is 42.9 Å². The van der Waals surface area contributed by atoms with Crippen LogP contribution in [0.25, 0.3) is 11.0 Å².